The van der Waals surface area contributed by atoms with Crippen molar-refractivity contribution in [1.29, 1.82) is 5.26 Å². The second kappa shape index (κ2) is 5.67. The Hall–Kier alpha value is -2.46. The van der Waals surface area contributed by atoms with Crippen molar-refractivity contribution in [1.82, 2.24) is 20.0 Å². The van der Waals surface area contributed by atoms with E-state index in [4.69, 9.17) is 9.78 Å². The minimum atomic E-state index is 0.387. The largest absolute Gasteiger partial charge is 0.364 e. The molecule has 1 saturated heterocycles. The summed E-state index contributed by atoms with van der Waals surface area (Å²) in [6.07, 6.45) is 4.76. The number of anilines is 1. The Bertz CT molecular complexity index is 598. The first-order valence-electron chi connectivity index (χ1n) is 6.44. The van der Waals surface area contributed by atoms with Crippen LogP contribution in [0, 0.1) is 11.3 Å². The maximum Gasteiger partial charge on any atom is 0.183 e. The van der Waals surface area contributed by atoms with Crippen LogP contribution in [-0.4, -0.2) is 46.2 Å². The third-order valence-electron chi connectivity index (χ3n) is 3.33. The summed E-state index contributed by atoms with van der Waals surface area (Å²) in [6, 6.07) is 3.97. The predicted octanol–water partition coefficient (Wildman–Crippen LogP) is 0.658. The number of aromatic nitrogens is 3. The molecule has 0 radical (unpaired) electrons. The molecule has 0 bridgehead atoms. The first kappa shape index (κ1) is 12.6. The van der Waals surface area contributed by atoms with Crippen LogP contribution in [0.15, 0.2) is 29.2 Å². The van der Waals surface area contributed by atoms with Gasteiger partial charge in [0, 0.05) is 51.2 Å². The van der Waals surface area contributed by atoms with Crippen LogP contribution in [0.2, 0.25) is 0 Å². The van der Waals surface area contributed by atoms with Gasteiger partial charge in [-0.25, -0.2) is 9.97 Å². The fourth-order valence-corrected chi connectivity index (χ4v) is 2.31. The van der Waals surface area contributed by atoms with E-state index in [0.29, 0.717) is 11.5 Å². The fourth-order valence-electron chi connectivity index (χ4n) is 2.31. The molecule has 1 aliphatic heterocycles. The summed E-state index contributed by atoms with van der Waals surface area (Å²) < 4.78 is 4.84. The number of piperazine rings is 1. The zero-order valence-corrected chi connectivity index (χ0v) is 10.9. The highest BCUT2D eigenvalue weighted by atomic mass is 16.5. The number of hydrogen-bond acceptors (Lipinski definition) is 7. The molecule has 7 heteroatoms. The first-order valence-corrected chi connectivity index (χ1v) is 6.44. The molecule has 2 aromatic rings. The highest BCUT2D eigenvalue weighted by Crippen LogP contribution is 2.16. The van der Waals surface area contributed by atoms with Crippen molar-refractivity contribution in [3.63, 3.8) is 0 Å². The maximum atomic E-state index is 9.06. The van der Waals surface area contributed by atoms with Gasteiger partial charge in [-0.15, -0.1) is 0 Å². The van der Waals surface area contributed by atoms with Crippen LogP contribution >= 0.6 is 0 Å². The molecule has 0 N–H and O–H groups in total. The Morgan fingerprint density at radius 3 is 2.70 bits per heavy atom. The Balaban J connectivity index is 1.62. The monoisotopic (exact) mass is 270 g/mol. The van der Waals surface area contributed by atoms with E-state index in [-0.39, 0.29) is 0 Å². The second-order valence-corrected chi connectivity index (χ2v) is 4.59. The lowest BCUT2D eigenvalue weighted by atomic mass is 10.2. The summed E-state index contributed by atoms with van der Waals surface area (Å²) in [4.78, 5) is 12.7. The van der Waals surface area contributed by atoms with Crippen LogP contribution in [0.1, 0.15) is 11.4 Å². The van der Waals surface area contributed by atoms with E-state index in [0.717, 1.165) is 38.4 Å². The van der Waals surface area contributed by atoms with Crippen molar-refractivity contribution in [2.75, 3.05) is 31.1 Å². The minimum absolute atomic E-state index is 0.387. The molecule has 0 saturated carbocycles. The SMILES string of the molecule is N#Cc1nccnc1N1CCN(Cc2ccon2)CC1. The molecule has 102 valence electrons. The zero-order chi connectivity index (χ0) is 13.8. The van der Waals surface area contributed by atoms with Crippen molar-refractivity contribution in [2.45, 2.75) is 6.54 Å². The summed E-state index contributed by atoms with van der Waals surface area (Å²) in [5.41, 5.74) is 1.33. The molecule has 20 heavy (non-hydrogen) atoms. The molecule has 3 heterocycles. The highest BCUT2D eigenvalue weighted by molar-refractivity contribution is 5.49. The van der Waals surface area contributed by atoms with Gasteiger partial charge < -0.3 is 9.42 Å². The molecule has 1 fully saturated rings. The lowest BCUT2D eigenvalue weighted by Gasteiger charge is -2.34. The molecule has 0 amide bonds. The van der Waals surface area contributed by atoms with Crippen LogP contribution in [0.5, 0.6) is 0 Å². The van der Waals surface area contributed by atoms with Crippen molar-refractivity contribution >= 4 is 5.82 Å². The van der Waals surface area contributed by atoms with E-state index in [1.165, 1.54) is 0 Å². The third kappa shape index (κ3) is 2.60. The molecule has 0 unspecified atom stereocenters. The highest BCUT2D eigenvalue weighted by Gasteiger charge is 2.21. The van der Waals surface area contributed by atoms with Gasteiger partial charge in [0.05, 0.1) is 5.69 Å². The third-order valence-corrected chi connectivity index (χ3v) is 3.33. The smallest absolute Gasteiger partial charge is 0.183 e. The van der Waals surface area contributed by atoms with Gasteiger partial charge >= 0.3 is 0 Å². The van der Waals surface area contributed by atoms with Gasteiger partial charge in [-0.05, 0) is 0 Å². The lowest BCUT2D eigenvalue weighted by molar-refractivity contribution is 0.241. The predicted molar refractivity (Wildman–Crippen MR) is 70.7 cm³/mol. The van der Waals surface area contributed by atoms with Crippen LogP contribution < -0.4 is 4.90 Å². The quantitative estimate of drug-likeness (QED) is 0.810. The summed E-state index contributed by atoms with van der Waals surface area (Å²) in [7, 11) is 0. The summed E-state index contributed by atoms with van der Waals surface area (Å²) in [5.74, 6) is 0.677. The molecular weight excluding hydrogens is 256 g/mol. The van der Waals surface area contributed by atoms with Crippen molar-refractivity contribution in [2.24, 2.45) is 0 Å². The molecule has 2 aromatic heterocycles. The molecule has 7 nitrogen and oxygen atoms in total. The topological polar surface area (TPSA) is 82.1 Å². The van der Waals surface area contributed by atoms with Gasteiger partial charge in [-0.3, -0.25) is 4.90 Å². The number of nitriles is 1. The number of nitrogens with zero attached hydrogens (tertiary/aromatic N) is 6. The van der Waals surface area contributed by atoms with Gasteiger partial charge in [0.2, 0.25) is 0 Å². The van der Waals surface area contributed by atoms with Crippen molar-refractivity contribution < 1.29 is 4.52 Å². The average Bonchev–Trinajstić information content (AvgIpc) is 3.01. The standard InChI is InChI=1S/C13H14N6O/c14-9-12-13(16-3-2-15-12)19-6-4-18(5-7-19)10-11-1-8-20-17-11/h1-3,8H,4-7,10H2. The van der Waals surface area contributed by atoms with Gasteiger partial charge in [0.15, 0.2) is 11.5 Å². The molecule has 0 aromatic carbocycles. The maximum absolute atomic E-state index is 9.06. The van der Waals surface area contributed by atoms with Crippen LogP contribution in [0.3, 0.4) is 0 Å². The Morgan fingerprint density at radius 2 is 2.00 bits per heavy atom. The molecule has 0 spiro atoms. The molecule has 0 aliphatic carbocycles. The second-order valence-electron chi connectivity index (χ2n) is 4.59. The van der Waals surface area contributed by atoms with E-state index >= 15 is 0 Å². The van der Waals surface area contributed by atoms with E-state index in [9.17, 15) is 0 Å². The number of hydrogen-bond donors (Lipinski definition) is 0. The summed E-state index contributed by atoms with van der Waals surface area (Å²) in [5, 5.41) is 13.0. The first-order chi connectivity index (χ1) is 9.86. The normalized spacial score (nSPS) is 16.1. The summed E-state index contributed by atoms with van der Waals surface area (Å²) in [6.45, 7) is 4.23. The van der Waals surface area contributed by atoms with E-state index in [1.807, 2.05) is 6.07 Å². The zero-order valence-electron chi connectivity index (χ0n) is 10.9. The Labute approximate surface area is 116 Å². The van der Waals surface area contributed by atoms with Crippen LogP contribution in [-0.2, 0) is 6.54 Å². The van der Waals surface area contributed by atoms with Crippen LogP contribution in [0.4, 0.5) is 5.82 Å². The molecular formula is C13H14N6O. The fraction of sp³-hybridized carbons (Fsp3) is 0.385. The lowest BCUT2D eigenvalue weighted by Crippen LogP contribution is -2.46. The molecule has 3 rings (SSSR count). The molecule has 0 atom stereocenters. The van der Waals surface area contributed by atoms with Crippen molar-refractivity contribution in [3.05, 3.63) is 36.1 Å². The van der Waals surface area contributed by atoms with E-state index in [1.54, 1.807) is 18.7 Å². The van der Waals surface area contributed by atoms with Gasteiger partial charge in [-0.1, -0.05) is 5.16 Å². The average molecular weight is 270 g/mol. The van der Waals surface area contributed by atoms with Gasteiger partial charge in [0.25, 0.3) is 0 Å². The van der Waals surface area contributed by atoms with E-state index < -0.39 is 0 Å². The minimum Gasteiger partial charge on any atom is -0.364 e. The Morgan fingerprint density at radius 1 is 1.20 bits per heavy atom. The van der Waals surface area contributed by atoms with Gasteiger partial charge in [0.1, 0.15) is 12.3 Å². The van der Waals surface area contributed by atoms with Gasteiger partial charge in [-0.2, -0.15) is 5.26 Å². The van der Waals surface area contributed by atoms with E-state index in [2.05, 4.69) is 31.0 Å². The number of rotatable bonds is 3. The molecule has 1 aliphatic rings. The van der Waals surface area contributed by atoms with Crippen LogP contribution in [0.25, 0.3) is 0 Å². The van der Waals surface area contributed by atoms with Crippen molar-refractivity contribution in [3.8, 4) is 6.07 Å². The Kier molecular flexibility index (Phi) is 3.56. The summed E-state index contributed by atoms with van der Waals surface area (Å²) >= 11 is 0.